The van der Waals surface area contributed by atoms with Gasteiger partial charge in [0, 0.05) is 19.6 Å². The van der Waals surface area contributed by atoms with Gasteiger partial charge in [-0.25, -0.2) is 0 Å². The molecule has 2 saturated heterocycles. The lowest BCUT2D eigenvalue weighted by molar-refractivity contribution is -0.137. The van der Waals surface area contributed by atoms with E-state index in [9.17, 15) is 9.90 Å². The Morgan fingerprint density at radius 1 is 0.929 bits per heavy atom. The maximum Gasteiger partial charge on any atom is 0.260 e. The Morgan fingerprint density at radius 2 is 1.57 bits per heavy atom. The molecule has 2 heterocycles. The molecule has 1 aromatic carbocycles. The number of nitrogens with zero attached hydrogens (tertiary/aromatic N) is 2. The zero-order valence-corrected chi connectivity index (χ0v) is 16.9. The van der Waals surface area contributed by atoms with Gasteiger partial charge in [-0.05, 0) is 82.0 Å². The van der Waals surface area contributed by atoms with Crippen molar-refractivity contribution in [2.45, 2.75) is 57.0 Å². The minimum Gasteiger partial charge on any atom is -0.484 e. The Kier molecular flexibility index (Phi) is 5.93. The van der Waals surface area contributed by atoms with Crippen LogP contribution in [0, 0.1) is 5.41 Å². The molecule has 1 amide bonds. The summed E-state index contributed by atoms with van der Waals surface area (Å²) in [6.07, 6.45) is 8.69. The van der Waals surface area contributed by atoms with Gasteiger partial charge in [0.2, 0.25) is 0 Å². The number of hydrogen-bond acceptors (Lipinski definition) is 4. The molecule has 1 spiro atoms. The van der Waals surface area contributed by atoms with E-state index in [0.29, 0.717) is 5.41 Å². The Labute approximate surface area is 168 Å². The summed E-state index contributed by atoms with van der Waals surface area (Å²) in [6, 6.07) is 9.53. The molecule has 4 rings (SSSR count). The van der Waals surface area contributed by atoms with Gasteiger partial charge in [0.25, 0.3) is 5.91 Å². The van der Waals surface area contributed by atoms with Crippen molar-refractivity contribution in [3.05, 3.63) is 30.3 Å². The molecule has 1 aromatic rings. The summed E-state index contributed by atoms with van der Waals surface area (Å²) in [5.74, 6) is 0.828. The van der Waals surface area contributed by atoms with Gasteiger partial charge in [-0.3, -0.25) is 4.79 Å². The highest BCUT2D eigenvalue weighted by molar-refractivity contribution is 5.77. The molecule has 154 valence electrons. The maximum absolute atomic E-state index is 12.5. The number of benzene rings is 1. The van der Waals surface area contributed by atoms with Crippen LogP contribution in [-0.4, -0.2) is 65.7 Å². The van der Waals surface area contributed by atoms with Crippen LogP contribution in [0.1, 0.15) is 51.4 Å². The summed E-state index contributed by atoms with van der Waals surface area (Å²) in [5.41, 5.74) is -0.166. The Morgan fingerprint density at radius 3 is 2.21 bits per heavy atom. The Bertz CT molecular complexity index is 639. The maximum atomic E-state index is 12.5. The zero-order valence-electron chi connectivity index (χ0n) is 16.9. The van der Waals surface area contributed by atoms with Crippen LogP contribution in [0.2, 0.25) is 0 Å². The number of carbonyl (C=O) groups excluding carboxylic acids is 1. The molecule has 0 unspecified atom stereocenters. The molecule has 2 aliphatic heterocycles. The summed E-state index contributed by atoms with van der Waals surface area (Å²) >= 11 is 0. The molecule has 5 nitrogen and oxygen atoms in total. The van der Waals surface area contributed by atoms with E-state index >= 15 is 0 Å². The van der Waals surface area contributed by atoms with E-state index in [1.54, 1.807) is 0 Å². The standard InChI is InChI=1S/C23H34N2O3/c26-21(18-28-20-6-2-1-3-7-20)25-16-12-22(13-17-25)8-10-23(27,11-9-22)19-24-14-4-5-15-24/h1-3,6-7,27H,4-5,8-19H2. The van der Waals surface area contributed by atoms with Crippen molar-refractivity contribution in [2.75, 3.05) is 39.3 Å². The number of carbonyl (C=O) groups is 1. The molecular weight excluding hydrogens is 352 g/mol. The van der Waals surface area contributed by atoms with Gasteiger partial charge >= 0.3 is 0 Å². The molecule has 5 heteroatoms. The van der Waals surface area contributed by atoms with Gasteiger partial charge in [0.15, 0.2) is 6.61 Å². The van der Waals surface area contributed by atoms with Gasteiger partial charge in [-0.15, -0.1) is 0 Å². The number of aliphatic hydroxyl groups is 1. The molecule has 0 radical (unpaired) electrons. The summed E-state index contributed by atoms with van der Waals surface area (Å²) in [6.45, 7) is 4.91. The fourth-order valence-corrected chi connectivity index (χ4v) is 5.24. The van der Waals surface area contributed by atoms with Gasteiger partial charge in [-0.2, -0.15) is 0 Å². The smallest absolute Gasteiger partial charge is 0.260 e. The number of amides is 1. The average molecular weight is 387 g/mol. The highest BCUT2D eigenvalue weighted by Gasteiger charge is 2.44. The fourth-order valence-electron chi connectivity index (χ4n) is 5.24. The van der Waals surface area contributed by atoms with Crippen LogP contribution in [0.5, 0.6) is 5.75 Å². The first-order chi connectivity index (χ1) is 13.6. The Hall–Kier alpha value is -1.59. The molecule has 28 heavy (non-hydrogen) atoms. The predicted octanol–water partition coefficient (Wildman–Crippen LogP) is 3.08. The molecule has 1 saturated carbocycles. The van der Waals surface area contributed by atoms with Crippen molar-refractivity contribution in [1.29, 1.82) is 0 Å². The van der Waals surface area contributed by atoms with Crippen LogP contribution < -0.4 is 4.74 Å². The van der Waals surface area contributed by atoms with Crippen LogP contribution in [0.15, 0.2) is 30.3 Å². The quantitative estimate of drug-likeness (QED) is 0.845. The summed E-state index contributed by atoms with van der Waals surface area (Å²) in [4.78, 5) is 16.9. The summed E-state index contributed by atoms with van der Waals surface area (Å²) in [7, 11) is 0. The van der Waals surface area contributed by atoms with Gasteiger partial charge < -0.3 is 19.6 Å². The molecule has 0 bridgehead atoms. The first kappa shape index (κ1) is 19.7. The number of ether oxygens (including phenoxy) is 1. The summed E-state index contributed by atoms with van der Waals surface area (Å²) in [5, 5.41) is 11.0. The zero-order chi connectivity index (χ0) is 19.5. The summed E-state index contributed by atoms with van der Waals surface area (Å²) < 4.78 is 5.62. The van der Waals surface area contributed by atoms with E-state index in [1.165, 1.54) is 12.8 Å². The van der Waals surface area contributed by atoms with Gasteiger partial charge in [-0.1, -0.05) is 18.2 Å². The second kappa shape index (κ2) is 8.42. The van der Waals surface area contributed by atoms with Crippen molar-refractivity contribution < 1.29 is 14.6 Å². The van der Waals surface area contributed by atoms with Gasteiger partial charge in [0.05, 0.1) is 5.60 Å². The van der Waals surface area contributed by atoms with Gasteiger partial charge in [0.1, 0.15) is 5.75 Å². The average Bonchev–Trinajstić information content (AvgIpc) is 3.23. The predicted molar refractivity (Wildman–Crippen MR) is 109 cm³/mol. The Balaban J connectivity index is 1.22. The molecule has 3 fully saturated rings. The van der Waals surface area contributed by atoms with E-state index < -0.39 is 5.60 Å². The first-order valence-electron chi connectivity index (χ1n) is 11.0. The molecule has 3 aliphatic rings. The van der Waals surface area contributed by atoms with Crippen molar-refractivity contribution >= 4 is 5.91 Å². The first-order valence-corrected chi connectivity index (χ1v) is 11.0. The van der Waals surface area contributed by atoms with Crippen LogP contribution in [0.25, 0.3) is 0 Å². The highest BCUT2D eigenvalue weighted by Crippen LogP contribution is 2.47. The molecular formula is C23H34N2O3. The number of piperidine rings is 1. The van der Waals surface area contributed by atoms with Crippen molar-refractivity contribution in [3.8, 4) is 5.75 Å². The lowest BCUT2D eigenvalue weighted by atomic mass is 9.64. The van der Waals surface area contributed by atoms with E-state index in [1.807, 2.05) is 35.2 Å². The number of rotatable bonds is 5. The number of hydrogen-bond donors (Lipinski definition) is 1. The van der Waals surface area contributed by atoms with Crippen LogP contribution in [-0.2, 0) is 4.79 Å². The monoisotopic (exact) mass is 386 g/mol. The van der Waals surface area contributed by atoms with Crippen LogP contribution >= 0.6 is 0 Å². The van der Waals surface area contributed by atoms with Crippen LogP contribution in [0.4, 0.5) is 0 Å². The number of para-hydroxylation sites is 1. The van der Waals surface area contributed by atoms with E-state index in [0.717, 1.165) is 77.0 Å². The van der Waals surface area contributed by atoms with Crippen molar-refractivity contribution in [2.24, 2.45) is 5.41 Å². The SMILES string of the molecule is O=C(COc1ccccc1)N1CCC2(CC1)CCC(O)(CN1CCCC1)CC2. The third-order valence-electron chi connectivity index (χ3n) is 7.24. The minimum atomic E-state index is -0.494. The minimum absolute atomic E-state index is 0.0834. The van der Waals surface area contributed by atoms with Crippen molar-refractivity contribution in [3.63, 3.8) is 0 Å². The highest BCUT2D eigenvalue weighted by atomic mass is 16.5. The molecule has 1 N–H and O–H groups in total. The van der Waals surface area contributed by atoms with E-state index in [4.69, 9.17) is 4.74 Å². The second-order valence-electron chi connectivity index (χ2n) is 9.19. The largest absolute Gasteiger partial charge is 0.484 e. The fraction of sp³-hybridized carbons (Fsp3) is 0.696. The number of β-amino-alcohol motifs (C(OH)–C–C–N with tert-alkyl or cyclic N) is 1. The van der Waals surface area contributed by atoms with E-state index in [2.05, 4.69) is 4.90 Å². The topological polar surface area (TPSA) is 53.0 Å². The number of likely N-dealkylation sites (tertiary alicyclic amines) is 2. The lowest BCUT2D eigenvalue weighted by Crippen LogP contribution is -2.50. The third kappa shape index (κ3) is 4.69. The normalized spacial score (nSPS) is 24.4. The lowest BCUT2D eigenvalue weighted by Gasteiger charge is -2.49. The second-order valence-corrected chi connectivity index (χ2v) is 9.19. The molecule has 0 aromatic heterocycles. The van der Waals surface area contributed by atoms with E-state index in [-0.39, 0.29) is 12.5 Å². The van der Waals surface area contributed by atoms with Crippen LogP contribution in [0.3, 0.4) is 0 Å². The molecule has 0 atom stereocenters. The third-order valence-corrected chi connectivity index (χ3v) is 7.24. The van der Waals surface area contributed by atoms with Crippen molar-refractivity contribution in [1.82, 2.24) is 9.80 Å². The molecule has 1 aliphatic carbocycles.